The van der Waals surface area contributed by atoms with Crippen LogP contribution in [-0.2, 0) is 45.7 Å². The minimum atomic E-state index is -4.16. The lowest BCUT2D eigenvalue weighted by atomic mass is 9.99. The number of hydrogen-bond acceptors (Lipinski definition) is 6. The van der Waals surface area contributed by atoms with E-state index in [1.807, 2.05) is 10.8 Å². The Morgan fingerprint density at radius 2 is 1.62 bits per heavy atom. The second-order valence-electron chi connectivity index (χ2n) is 9.63. The van der Waals surface area contributed by atoms with Gasteiger partial charge in [-0.3, -0.25) is 0 Å². The number of benzene rings is 2. The number of hydrogen-bond donors (Lipinski definition) is 2. The van der Waals surface area contributed by atoms with Gasteiger partial charge in [0.15, 0.2) is 0 Å². The summed E-state index contributed by atoms with van der Waals surface area (Å²) in [4.78, 5) is 12.8. The largest absolute Gasteiger partial charge is 0.333 e. The SMILES string of the molecule is N#Cc1ccc(S(=O)(=O)N2CCCC2/C=C/S(=O)(=O)NC(=O)Nc2c3c(cc4c2CCC4)CCC3)cc1. The number of nitrogens with one attached hydrogen (secondary N) is 2. The van der Waals surface area contributed by atoms with Crippen LogP contribution in [0.1, 0.15) is 53.5 Å². The summed E-state index contributed by atoms with van der Waals surface area (Å²) in [7, 11) is -8.04. The fourth-order valence-electron chi connectivity index (χ4n) is 5.56. The van der Waals surface area contributed by atoms with E-state index in [9.17, 15) is 21.6 Å². The van der Waals surface area contributed by atoms with E-state index in [1.54, 1.807) is 0 Å². The molecule has 2 aromatic carbocycles. The van der Waals surface area contributed by atoms with Gasteiger partial charge in [0.1, 0.15) is 0 Å². The molecule has 2 amide bonds. The van der Waals surface area contributed by atoms with Crippen molar-refractivity contribution in [1.29, 1.82) is 5.26 Å². The minimum Gasteiger partial charge on any atom is -0.307 e. The van der Waals surface area contributed by atoms with Crippen LogP contribution in [0.4, 0.5) is 10.5 Å². The quantitative estimate of drug-likeness (QED) is 0.577. The van der Waals surface area contributed by atoms with Gasteiger partial charge in [0, 0.05) is 23.7 Å². The van der Waals surface area contributed by atoms with Gasteiger partial charge in [0.2, 0.25) is 10.0 Å². The molecule has 1 heterocycles. The number of amides is 2. The zero-order chi connectivity index (χ0) is 26.2. The molecular weight excluding hydrogens is 512 g/mol. The number of carbonyl (C=O) groups is 1. The van der Waals surface area contributed by atoms with Crippen LogP contribution >= 0.6 is 0 Å². The summed E-state index contributed by atoms with van der Waals surface area (Å²) < 4.78 is 54.9. The second-order valence-corrected chi connectivity index (χ2v) is 13.1. The van der Waals surface area contributed by atoms with E-state index >= 15 is 0 Å². The third-order valence-corrected chi connectivity index (χ3v) is 10.2. The van der Waals surface area contributed by atoms with E-state index in [-0.39, 0.29) is 11.4 Å². The second kappa shape index (κ2) is 9.93. The number of nitriles is 1. The Labute approximate surface area is 217 Å². The summed E-state index contributed by atoms with van der Waals surface area (Å²) in [6.45, 7) is 0.246. The van der Waals surface area contributed by atoms with Crippen LogP contribution in [-0.4, -0.2) is 39.8 Å². The van der Waals surface area contributed by atoms with Crippen molar-refractivity contribution in [2.45, 2.75) is 62.3 Å². The van der Waals surface area contributed by atoms with E-state index in [0.717, 1.165) is 60.7 Å². The maximum atomic E-state index is 13.1. The van der Waals surface area contributed by atoms with Gasteiger partial charge in [-0.2, -0.15) is 9.57 Å². The zero-order valence-electron chi connectivity index (χ0n) is 20.2. The molecule has 1 saturated heterocycles. The maximum absolute atomic E-state index is 13.1. The third-order valence-electron chi connectivity index (χ3n) is 7.26. The monoisotopic (exact) mass is 540 g/mol. The molecule has 1 fully saturated rings. The van der Waals surface area contributed by atoms with Crippen molar-refractivity contribution >= 4 is 31.8 Å². The summed E-state index contributed by atoms with van der Waals surface area (Å²) in [6.07, 6.45) is 8.00. The van der Waals surface area contributed by atoms with E-state index < -0.39 is 32.1 Å². The topological polar surface area (TPSA) is 136 Å². The maximum Gasteiger partial charge on any atom is 0.333 e. The van der Waals surface area contributed by atoms with Crippen LogP contribution in [0.25, 0.3) is 0 Å². The number of rotatable bonds is 6. The summed E-state index contributed by atoms with van der Waals surface area (Å²) >= 11 is 0. The summed E-state index contributed by atoms with van der Waals surface area (Å²) in [6, 6.07) is 8.28. The first kappa shape index (κ1) is 25.4. The molecule has 3 aliphatic rings. The fraction of sp³-hybridized carbons (Fsp3) is 0.385. The lowest BCUT2D eigenvalue weighted by Gasteiger charge is -2.21. The molecule has 9 nitrogen and oxygen atoms in total. The van der Waals surface area contributed by atoms with Gasteiger partial charge in [-0.05, 0) is 97.9 Å². The van der Waals surface area contributed by atoms with Crippen molar-refractivity contribution in [1.82, 2.24) is 9.03 Å². The molecule has 5 rings (SSSR count). The molecule has 1 atom stereocenters. The number of nitrogens with zero attached hydrogens (tertiary/aromatic N) is 2. The standard InChI is InChI=1S/C26H28N4O5S2/c27-17-18-9-11-22(12-10-18)37(34,35)30-14-3-6-21(30)13-15-36(32,33)29-26(31)28-25-23-7-1-4-19(23)16-20-5-2-8-24(20)25/h9-13,15-16,21H,1-8,14H2,(H2,28,29,31)/b15-13+. The molecule has 0 saturated carbocycles. The van der Waals surface area contributed by atoms with Crippen molar-refractivity contribution in [3.05, 3.63) is 69.6 Å². The van der Waals surface area contributed by atoms with Crippen molar-refractivity contribution < 1.29 is 21.6 Å². The third kappa shape index (κ3) is 5.14. The van der Waals surface area contributed by atoms with Crippen LogP contribution < -0.4 is 10.0 Å². The van der Waals surface area contributed by atoms with Gasteiger partial charge in [-0.1, -0.05) is 12.1 Å². The molecule has 194 valence electrons. The fourth-order valence-corrected chi connectivity index (χ4v) is 7.98. The molecule has 0 radical (unpaired) electrons. The highest BCUT2D eigenvalue weighted by Crippen LogP contribution is 2.38. The number of carbonyl (C=O) groups excluding carboxylic acids is 1. The smallest absolute Gasteiger partial charge is 0.307 e. The Balaban J connectivity index is 1.29. The molecule has 0 spiro atoms. The number of fused-ring (bicyclic) bond motifs is 2. The predicted molar refractivity (Wildman–Crippen MR) is 139 cm³/mol. The van der Waals surface area contributed by atoms with Gasteiger partial charge < -0.3 is 5.32 Å². The molecule has 0 bridgehead atoms. The minimum absolute atomic E-state index is 0.0371. The highest BCUT2D eigenvalue weighted by molar-refractivity contribution is 7.93. The van der Waals surface area contributed by atoms with E-state index in [0.29, 0.717) is 18.4 Å². The number of sulfonamides is 2. The van der Waals surface area contributed by atoms with E-state index in [2.05, 4.69) is 11.4 Å². The van der Waals surface area contributed by atoms with Gasteiger partial charge in [-0.15, -0.1) is 0 Å². The molecule has 1 unspecified atom stereocenters. The van der Waals surface area contributed by atoms with Crippen molar-refractivity contribution in [2.75, 3.05) is 11.9 Å². The van der Waals surface area contributed by atoms with Crippen LogP contribution in [0.5, 0.6) is 0 Å². The Hall–Kier alpha value is -3.20. The van der Waals surface area contributed by atoms with Crippen LogP contribution in [0.15, 0.2) is 46.7 Å². The molecule has 1 aliphatic heterocycles. The summed E-state index contributed by atoms with van der Waals surface area (Å²) in [5.41, 5.74) is 5.73. The van der Waals surface area contributed by atoms with Crippen molar-refractivity contribution in [3.63, 3.8) is 0 Å². The molecule has 0 aromatic heterocycles. The van der Waals surface area contributed by atoms with E-state index in [4.69, 9.17) is 5.26 Å². The Morgan fingerprint density at radius 3 is 2.24 bits per heavy atom. The van der Waals surface area contributed by atoms with Gasteiger partial charge >= 0.3 is 6.03 Å². The van der Waals surface area contributed by atoms with Crippen LogP contribution in [0.2, 0.25) is 0 Å². The Kier molecular flexibility index (Phi) is 6.83. The molecular formula is C26H28N4O5S2. The highest BCUT2D eigenvalue weighted by atomic mass is 32.2. The van der Waals surface area contributed by atoms with Gasteiger partial charge in [0.25, 0.3) is 10.0 Å². The number of aryl methyl sites for hydroxylation is 2. The van der Waals surface area contributed by atoms with E-state index in [1.165, 1.54) is 45.8 Å². The lowest BCUT2D eigenvalue weighted by molar-refractivity contribution is 0.256. The lowest BCUT2D eigenvalue weighted by Crippen LogP contribution is -2.36. The first-order valence-electron chi connectivity index (χ1n) is 12.4. The van der Waals surface area contributed by atoms with Gasteiger partial charge in [0.05, 0.1) is 16.5 Å². The average molecular weight is 541 g/mol. The molecule has 37 heavy (non-hydrogen) atoms. The Morgan fingerprint density at radius 1 is 0.973 bits per heavy atom. The van der Waals surface area contributed by atoms with Crippen molar-refractivity contribution in [2.24, 2.45) is 0 Å². The van der Waals surface area contributed by atoms with Crippen LogP contribution in [0, 0.1) is 11.3 Å². The number of urea groups is 1. The summed E-state index contributed by atoms with van der Waals surface area (Å²) in [5.74, 6) is 0. The van der Waals surface area contributed by atoms with Crippen molar-refractivity contribution in [3.8, 4) is 6.07 Å². The first-order valence-corrected chi connectivity index (χ1v) is 15.4. The molecule has 2 aliphatic carbocycles. The van der Waals surface area contributed by atoms with Crippen LogP contribution in [0.3, 0.4) is 0 Å². The predicted octanol–water partition coefficient (Wildman–Crippen LogP) is 3.35. The first-order chi connectivity index (χ1) is 17.7. The normalized spacial score (nSPS) is 19.5. The molecule has 2 N–H and O–H groups in total. The molecule has 2 aromatic rings. The van der Waals surface area contributed by atoms with Gasteiger partial charge in [-0.25, -0.2) is 26.4 Å². The molecule has 11 heteroatoms. The zero-order valence-corrected chi connectivity index (χ0v) is 21.9. The summed E-state index contributed by atoms with van der Waals surface area (Å²) in [5, 5.41) is 12.6. The average Bonchev–Trinajstić information content (AvgIpc) is 3.63. The Bertz CT molecular complexity index is 1490. The highest BCUT2D eigenvalue weighted by Gasteiger charge is 2.34. The number of anilines is 1.